The van der Waals surface area contributed by atoms with Crippen molar-refractivity contribution in [3.8, 4) is 0 Å². The van der Waals surface area contributed by atoms with Crippen molar-refractivity contribution in [1.82, 2.24) is 10.3 Å². The topological polar surface area (TPSA) is 79.3 Å². The van der Waals surface area contributed by atoms with Crippen LogP contribution in [0.5, 0.6) is 0 Å². The summed E-state index contributed by atoms with van der Waals surface area (Å²) in [5.74, 6) is -1.39. The molecule has 1 amide bonds. The van der Waals surface area contributed by atoms with Gasteiger partial charge in [-0.15, -0.1) is 0 Å². The molecule has 98 valence electrons. The first-order chi connectivity index (χ1) is 9.06. The Morgan fingerprint density at radius 3 is 2.84 bits per heavy atom. The molecule has 0 radical (unpaired) electrons. The largest absolute Gasteiger partial charge is 0.480 e. The summed E-state index contributed by atoms with van der Waals surface area (Å²) < 4.78 is 0. The molecule has 0 saturated heterocycles. The van der Waals surface area contributed by atoms with E-state index in [0.29, 0.717) is 0 Å². The third-order valence-corrected chi connectivity index (χ3v) is 2.78. The van der Waals surface area contributed by atoms with Crippen molar-refractivity contribution in [3.05, 3.63) is 42.1 Å². The normalized spacial score (nSPS) is 12.1. The number of carbonyl (C=O) groups excluding carboxylic acids is 1. The molecule has 1 atom stereocenters. The van der Waals surface area contributed by atoms with Crippen molar-refractivity contribution in [1.29, 1.82) is 0 Å². The van der Waals surface area contributed by atoms with Gasteiger partial charge < -0.3 is 10.4 Å². The summed E-state index contributed by atoms with van der Waals surface area (Å²) in [6, 6.07) is 8.39. The third-order valence-electron chi connectivity index (χ3n) is 2.78. The molecule has 0 aliphatic heterocycles. The first kappa shape index (κ1) is 13.0. The molecule has 1 unspecified atom stereocenters. The summed E-state index contributed by atoms with van der Waals surface area (Å²) in [4.78, 5) is 26.3. The first-order valence-corrected chi connectivity index (χ1v) is 5.90. The number of rotatable bonds is 4. The van der Waals surface area contributed by atoms with Crippen LogP contribution in [0.3, 0.4) is 0 Å². The number of nitrogens with zero attached hydrogens (tertiary/aromatic N) is 1. The lowest BCUT2D eigenvalue weighted by Gasteiger charge is -2.13. The van der Waals surface area contributed by atoms with E-state index in [2.05, 4.69) is 10.3 Å². The van der Waals surface area contributed by atoms with Crippen molar-refractivity contribution in [2.45, 2.75) is 19.4 Å². The van der Waals surface area contributed by atoms with E-state index in [0.717, 1.165) is 16.5 Å². The number of pyridine rings is 1. The maximum atomic E-state index is 11.1. The van der Waals surface area contributed by atoms with Crippen LogP contribution in [0.15, 0.2) is 36.5 Å². The fraction of sp³-hybridized carbons (Fsp3) is 0.214. The molecule has 0 aliphatic rings. The summed E-state index contributed by atoms with van der Waals surface area (Å²) in [5.41, 5.74) is 1.71. The Morgan fingerprint density at radius 2 is 2.16 bits per heavy atom. The molecular weight excluding hydrogens is 244 g/mol. The lowest BCUT2D eigenvalue weighted by molar-refractivity contribution is -0.141. The smallest absolute Gasteiger partial charge is 0.326 e. The molecule has 0 fully saturated rings. The minimum Gasteiger partial charge on any atom is -0.480 e. The molecule has 0 saturated carbocycles. The highest BCUT2D eigenvalue weighted by Crippen LogP contribution is 2.14. The molecule has 5 nitrogen and oxygen atoms in total. The van der Waals surface area contributed by atoms with Crippen LogP contribution >= 0.6 is 0 Å². The van der Waals surface area contributed by atoms with Gasteiger partial charge in [0.1, 0.15) is 6.04 Å². The van der Waals surface area contributed by atoms with Gasteiger partial charge >= 0.3 is 5.97 Å². The average Bonchev–Trinajstić information content (AvgIpc) is 2.37. The van der Waals surface area contributed by atoms with E-state index < -0.39 is 12.0 Å². The van der Waals surface area contributed by atoms with Crippen LogP contribution in [0.1, 0.15) is 12.5 Å². The van der Waals surface area contributed by atoms with Crippen LogP contribution in [0.4, 0.5) is 0 Å². The molecular formula is C14H14N2O3. The zero-order chi connectivity index (χ0) is 13.8. The highest BCUT2D eigenvalue weighted by Gasteiger charge is 2.18. The Hall–Kier alpha value is -2.43. The minimum atomic E-state index is -1.04. The molecule has 0 spiro atoms. The Labute approximate surface area is 110 Å². The van der Waals surface area contributed by atoms with Crippen molar-refractivity contribution >= 4 is 22.8 Å². The monoisotopic (exact) mass is 258 g/mol. The minimum absolute atomic E-state index is 0.250. The van der Waals surface area contributed by atoms with Gasteiger partial charge in [-0.3, -0.25) is 9.78 Å². The van der Waals surface area contributed by atoms with Crippen molar-refractivity contribution in [3.63, 3.8) is 0 Å². The second kappa shape index (κ2) is 5.48. The number of hydrogen-bond donors (Lipinski definition) is 2. The SMILES string of the molecule is CC(=O)NC(Cc1ccc2ncccc2c1)C(=O)O. The lowest BCUT2D eigenvalue weighted by Crippen LogP contribution is -2.41. The van der Waals surface area contributed by atoms with Crippen LogP contribution in [0.2, 0.25) is 0 Å². The number of aliphatic carboxylic acids is 1. The van der Waals surface area contributed by atoms with Crippen LogP contribution in [0.25, 0.3) is 10.9 Å². The molecule has 2 aromatic rings. The van der Waals surface area contributed by atoms with Crippen LogP contribution < -0.4 is 5.32 Å². The van der Waals surface area contributed by atoms with Gasteiger partial charge in [-0.2, -0.15) is 0 Å². The number of nitrogens with one attached hydrogen (secondary N) is 1. The van der Waals surface area contributed by atoms with E-state index in [-0.39, 0.29) is 12.3 Å². The van der Waals surface area contributed by atoms with E-state index in [9.17, 15) is 9.59 Å². The quantitative estimate of drug-likeness (QED) is 0.868. The first-order valence-electron chi connectivity index (χ1n) is 5.90. The molecule has 1 aromatic carbocycles. The molecule has 1 aromatic heterocycles. The van der Waals surface area contributed by atoms with Gasteiger partial charge in [0.15, 0.2) is 0 Å². The van der Waals surface area contributed by atoms with Gasteiger partial charge in [0.05, 0.1) is 5.52 Å². The van der Waals surface area contributed by atoms with E-state index in [1.807, 2.05) is 30.3 Å². The van der Waals surface area contributed by atoms with Crippen LogP contribution in [-0.2, 0) is 16.0 Å². The number of carbonyl (C=O) groups is 2. The summed E-state index contributed by atoms with van der Waals surface area (Å²) >= 11 is 0. The zero-order valence-corrected chi connectivity index (χ0v) is 10.5. The van der Waals surface area contributed by atoms with Gasteiger partial charge in [-0.1, -0.05) is 12.1 Å². The van der Waals surface area contributed by atoms with Crippen LogP contribution in [-0.4, -0.2) is 28.0 Å². The third kappa shape index (κ3) is 3.28. The molecule has 0 aliphatic carbocycles. The molecule has 1 heterocycles. The number of fused-ring (bicyclic) bond motifs is 1. The van der Waals surface area contributed by atoms with Gasteiger partial charge in [0.25, 0.3) is 0 Å². The number of carboxylic acid groups (broad SMARTS) is 1. The standard InChI is InChI=1S/C14H14N2O3/c1-9(17)16-13(14(18)19)8-10-4-5-12-11(7-10)3-2-6-15-12/h2-7,13H,8H2,1H3,(H,16,17)(H,18,19). The summed E-state index contributed by atoms with van der Waals surface area (Å²) in [6.45, 7) is 1.31. The van der Waals surface area contributed by atoms with Crippen molar-refractivity contribution < 1.29 is 14.7 Å². The summed E-state index contributed by atoms with van der Waals surface area (Å²) in [7, 11) is 0. The van der Waals surface area contributed by atoms with Crippen LogP contribution in [0, 0.1) is 0 Å². The maximum Gasteiger partial charge on any atom is 0.326 e. The number of hydrogen-bond acceptors (Lipinski definition) is 3. The second-order valence-corrected chi connectivity index (χ2v) is 4.33. The van der Waals surface area contributed by atoms with E-state index >= 15 is 0 Å². The number of benzene rings is 1. The van der Waals surface area contributed by atoms with E-state index in [1.165, 1.54) is 6.92 Å². The second-order valence-electron chi connectivity index (χ2n) is 4.33. The zero-order valence-electron chi connectivity index (χ0n) is 10.5. The fourth-order valence-corrected chi connectivity index (χ4v) is 1.93. The molecule has 2 N–H and O–H groups in total. The summed E-state index contributed by atoms with van der Waals surface area (Å²) in [6.07, 6.45) is 1.96. The maximum absolute atomic E-state index is 11.1. The lowest BCUT2D eigenvalue weighted by atomic mass is 10.0. The fourth-order valence-electron chi connectivity index (χ4n) is 1.93. The molecule has 19 heavy (non-hydrogen) atoms. The molecule has 2 rings (SSSR count). The Morgan fingerprint density at radius 1 is 1.37 bits per heavy atom. The van der Waals surface area contributed by atoms with Gasteiger partial charge in [0.2, 0.25) is 5.91 Å². The molecule has 5 heteroatoms. The summed E-state index contributed by atoms with van der Waals surface area (Å²) in [5, 5.41) is 12.4. The average molecular weight is 258 g/mol. The predicted octanol–water partition coefficient (Wildman–Crippen LogP) is 1.37. The van der Waals surface area contributed by atoms with Gasteiger partial charge in [0, 0.05) is 24.9 Å². The Balaban J connectivity index is 2.23. The van der Waals surface area contributed by atoms with E-state index in [4.69, 9.17) is 5.11 Å². The highest BCUT2D eigenvalue weighted by molar-refractivity contribution is 5.83. The van der Waals surface area contributed by atoms with Crippen molar-refractivity contribution in [2.24, 2.45) is 0 Å². The Kier molecular flexibility index (Phi) is 3.75. The van der Waals surface area contributed by atoms with E-state index in [1.54, 1.807) is 6.20 Å². The van der Waals surface area contributed by atoms with Crippen molar-refractivity contribution in [2.75, 3.05) is 0 Å². The van der Waals surface area contributed by atoms with Gasteiger partial charge in [-0.25, -0.2) is 4.79 Å². The highest BCUT2D eigenvalue weighted by atomic mass is 16.4. The number of amides is 1. The van der Waals surface area contributed by atoms with Gasteiger partial charge in [-0.05, 0) is 23.8 Å². The number of carboxylic acids is 1. The Bertz CT molecular complexity index is 625. The predicted molar refractivity (Wildman–Crippen MR) is 70.7 cm³/mol. The molecule has 0 bridgehead atoms. The number of aromatic nitrogens is 1.